The summed E-state index contributed by atoms with van der Waals surface area (Å²) in [6, 6.07) is 4.33. The van der Waals surface area contributed by atoms with Crippen LogP contribution in [0.1, 0.15) is 24.1 Å². The van der Waals surface area contributed by atoms with Crippen LogP contribution in [0.15, 0.2) is 17.5 Å². The molecule has 1 aromatic rings. The van der Waals surface area contributed by atoms with E-state index in [4.69, 9.17) is 0 Å². The minimum Gasteiger partial charge on any atom is -0.356 e. The van der Waals surface area contributed by atoms with Crippen LogP contribution in [-0.4, -0.2) is 44.0 Å². The third kappa shape index (κ3) is 5.23. The first-order chi connectivity index (χ1) is 9.78. The van der Waals surface area contributed by atoms with Crippen LogP contribution in [0.4, 0.5) is 0 Å². The van der Waals surface area contributed by atoms with E-state index in [0.29, 0.717) is 12.3 Å². The highest BCUT2D eigenvalue weighted by Crippen LogP contribution is 2.20. The van der Waals surface area contributed by atoms with Crippen molar-refractivity contribution in [2.24, 2.45) is 5.92 Å². The molecule has 20 heavy (non-hydrogen) atoms. The van der Waals surface area contributed by atoms with E-state index < -0.39 is 0 Å². The summed E-state index contributed by atoms with van der Waals surface area (Å²) in [4.78, 5) is 15.5. The number of amides is 1. The molecule has 0 aliphatic carbocycles. The molecule has 0 unspecified atom stereocenters. The molecule has 112 valence electrons. The molecule has 1 amide bonds. The van der Waals surface area contributed by atoms with Gasteiger partial charge >= 0.3 is 0 Å². The fourth-order valence-corrected chi connectivity index (χ4v) is 3.30. The molecule has 2 heterocycles. The Kier molecular flexibility index (Phi) is 6.50. The topological polar surface area (TPSA) is 44.4 Å². The van der Waals surface area contributed by atoms with Crippen molar-refractivity contribution in [1.82, 2.24) is 15.5 Å². The van der Waals surface area contributed by atoms with Crippen LogP contribution in [0.2, 0.25) is 0 Å². The molecule has 0 bridgehead atoms. The van der Waals surface area contributed by atoms with Crippen molar-refractivity contribution in [3.63, 3.8) is 0 Å². The molecule has 4 nitrogen and oxygen atoms in total. The van der Waals surface area contributed by atoms with Crippen LogP contribution >= 0.6 is 11.3 Å². The molecule has 2 N–H and O–H groups in total. The summed E-state index contributed by atoms with van der Waals surface area (Å²) < 4.78 is 0. The highest BCUT2D eigenvalue weighted by molar-refractivity contribution is 7.09. The van der Waals surface area contributed by atoms with Crippen molar-refractivity contribution < 1.29 is 4.79 Å². The Labute approximate surface area is 125 Å². The molecule has 0 radical (unpaired) electrons. The first-order valence-corrected chi connectivity index (χ1v) is 8.32. The fraction of sp³-hybridized carbons (Fsp3) is 0.667. The average Bonchev–Trinajstić information content (AvgIpc) is 2.97. The van der Waals surface area contributed by atoms with Crippen LogP contribution in [0.5, 0.6) is 0 Å². The number of piperidine rings is 1. The first kappa shape index (κ1) is 15.5. The lowest BCUT2D eigenvalue weighted by Crippen LogP contribution is -2.38. The highest BCUT2D eigenvalue weighted by atomic mass is 32.1. The summed E-state index contributed by atoms with van der Waals surface area (Å²) in [6.07, 6.45) is 2.96. The van der Waals surface area contributed by atoms with Gasteiger partial charge in [0.2, 0.25) is 5.91 Å². The van der Waals surface area contributed by atoms with Crippen LogP contribution in [0, 0.1) is 5.92 Å². The van der Waals surface area contributed by atoms with Crippen molar-refractivity contribution >= 4 is 17.2 Å². The average molecular weight is 295 g/mol. The van der Waals surface area contributed by atoms with E-state index in [0.717, 1.165) is 32.7 Å². The van der Waals surface area contributed by atoms with Gasteiger partial charge in [-0.2, -0.15) is 0 Å². The predicted octanol–water partition coefficient (Wildman–Crippen LogP) is 1.69. The largest absolute Gasteiger partial charge is 0.356 e. The molecule has 5 heteroatoms. The Morgan fingerprint density at radius 2 is 2.25 bits per heavy atom. The van der Waals surface area contributed by atoms with Gasteiger partial charge in [-0.3, -0.25) is 9.69 Å². The Hall–Kier alpha value is -0.910. The van der Waals surface area contributed by atoms with Crippen molar-refractivity contribution in [2.45, 2.75) is 25.8 Å². The van der Waals surface area contributed by atoms with Crippen LogP contribution < -0.4 is 10.6 Å². The third-order valence-corrected chi connectivity index (χ3v) is 4.72. The zero-order chi connectivity index (χ0) is 14.2. The number of carbonyl (C=O) groups is 1. The molecule has 0 spiro atoms. The Morgan fingerprint density at radius 1 is 1.45 bits per heavy atom. The van der Waals surface area contributed by atoms with Crippen LogP contribution in [0.25, 0.3) is 0 Å². The fourth-order valence-electron chi connectivity index (χ4n) is 2.56. The zero-order valence-corrected chi connectivity index (χ0v) is 13.0. The quantitative estimate of drug-likeness (QED) is 0.804. The third-order valence-electron chi connectivity index (χ3n) is 3.86. The number of nitrogens with zero attached hydrogens (tertiary/aromatic N) is 1. The number of thiophene rings is 1. The van der Waals surface area contributed by atoms with E-state index in [-0.39, 0.29) is 5.91 Å². The normalized spacial score (nSPS) is 17.2. The molecular weight excluding hydrogens is 270 g/mol. The summed E-state index contributed by atoms with van der Waals surface area (Å²) >= 11 is 1.83. The number of nitrogens with one attached hydrogen (secondary N) is 2. The van der Waals surface area contributed by atoms with Gasteiger partial charge in [0.15, 0.2) is 0 Å². The minimum absolute atomic E-state index is 0.167. The lowest BCUT2D eigenvalue weighted by molar-refractivity contribution is -0.121. The molecule has 1 aromatic heterocycles. The van der Waals surface area contributed by atoms with Gasteiger partial charge in [0.25, 0.3) is 0 Å². The summed E-state index contributed by atoms with van der Waals surface area (Å²) in [5.74, 6) is 0.813. The van der Waals surface area contributed by atoms with Gasteiger partial charge in [-0.15, -0.1) is 11.3 Å². The van der Waals surface area contributed by atoms with Gasteiger partial charge in [0, 0.05) is 30.9 Å². The first-order valence-electron chi connectivity index (χ1n) is 7.44. The number of carbonyl (C=O) groups excluding carboxylic acids is 1. The molecular formula is C15H25N3OS. The van der Waals surface area contributed by atoms with Gasteiger partial charge < -0.3 is 10.6 Å². The number of rotatable bonds is 7. The predicted molar refractivity (Wildman–Crippen MR) is 83.9 cm³/mol. The Morgan fingerprint density at radius 3 is 2.90 bits per heavy atom. The monoisotopic (exact) mass is 295 g/mol. The van der Waals surface area contributed by atoms with Crippen LogP contribution in [0.3, 0.4) is 0 Å². The molecule has 0 atom stereocenters. The van der Waals surface area contributed by atoms with Crippen molar-refractivity contribution in [3.8, 4) is 0 Å². The number of hydrogen-bond acceptors (Lipinski definition) is 4. The number of hydrogen-bond donors (Lipinski definition) is 2. The molecule has 0 saturated carbocycles. The van der Waals surface area contributed by atoms with E-state index >= 15 is 0 Å². The second-order valence-electron chi connectivity index (χ2n) is 5.46. The summed E-state index contributed by atoms with van der Waals surface area (Å²) in [5, 5.41) is 8.19. The van der Waals surface area contributed by atoms with Gasteiger partial charge in [0.05, 0.1) is 0 Å². The van der Waals surface area contributed by atoms with Crippen molar-refractivity contribution in [3.05, 3.63) is 22.4 Å². The summed E-state index contributed by atoms with van der Waals surface area (Å²) in [7, 11) is 1.87. The van der Waals surface area contributed by atoms with E-state index in [2.05, 4.69) is 33.0 Å². The number of likely N-dealkylation sites (tertiary alicyclic amines) is 1. The molecule has 0 aromatic carbocycles. The molecule has 1 aliphatic rings. The Bertz CT molecular complexity index is 386. The lowest BCUT2D eigenvalue weighted by Gasteiger charge is -2.31. The van der Waals surface area contributed by atoms with Crippen molar-refractivity contribution in [1.29, 1.82) is 0 Å². The second-order valence-corrected chi connectivity index (χ2v) is 6.49. The van der Waals surface area contributed by atoms with Gasteiger partial charge in [0.1, 0.15) is 0 Å². The summed E-state index contributed by atoms with van der Waals surface area (Å²) in [6.45, 7) is 4.98. The molecule has 2 rings (SSSR count). The maximum atomic E-state index is 11.6. The van der Waals surface area contributed by atoms with Gasteiger partial charge in [-0.05, 0) is 50.3 Å². The van der Waals surface area contributed by atoms with Crippen molar-refractivity contribution in [2.75, 3.05) is 33.2 Å². The SMILES string of the molecule is CNCCC(=O)NCC1CCN(Cc2cccs2)CC1. The Balaban J connectivity index is 1.60. The van der Waals surface area contributed by atoms with Crippen LogP contribution in [-0.2, 0) is 11.3 Å². The maximum absolute atomic E-state index is 11.6. The molecule has 1 fully saturated rings. The van der Waals surface area contributed by atoms with E-state index in [1.54, 1.807) is 0 Å². The van der Waals surface area contributed by atoms with E-state index in [1.807, 2.05) is 18.4 Å². The smallest absolute Gasteiger partial charge is 0.221 e. The molecule has 1 saturated heterocycles. The van der Waals surface area contributed by atoms with Gasteiger partial charge in [-0.25, -0.2) is 0 Å². The summed E-state index contributed by atoms with van der Waals surface area (Å²) in [5.41, 5.74) is 0. The molecule has 1 aliphatic heterocycles. The zero-order valence-electron chi connectivity index (χ0n) is 12.2. The van der Waals surface area contributed by atoms with Gasteiger partial charge in [-0.1, -0.05) is 6.07 Å². The highest BCUT2D eigenvalue weighted by Gasteiger charge is 2.19. The standard InChI is InChI=1S/C15H25N3OS/c1-16-7-4-15(19)17-11-13-5-8-18(9-6-13)12-14-3-2-10-20-14/h2-3,10,13,16H,4-9,11-12H2,1H3,(H,17,19). The van der Waals surface area contributed by atoms with E-state index in [9.17, 15) is 4.79 Å². The van der Waals surface area contributed by atoms with E-state index in [1.165, 1.54) is 17.7 Å². The second kappa shape index (κ2) is 8.39. The lowest BCUT2D eigenvalue weighted by atomic mass is 9.96. The maximum Gasteiger partial charge on any atom is 0.221 e. The minimum atomic E-state index is 0.167.